The fourth-order valence-corrected chi connectivity index (χ4v) is 2.99. The fraction of sp³-hybridized carbons (Fsp3) is 0.688. The van der Waals surface area contributed by atoms with Crippen LogP contribution in [0.1, 0.15) is 31.7 Å². The molecule has 0 radical (unpaired) electrons. The van der Waals surface area contributed by atoms with Gasteiger partial charge in [0.2, 0.25) is 5.91 Å². The molecule has 0 spiro atoms. The Morgan fingerprint density at radius 2 is 2.22 bits per heavy atom. The van der Waals surface area contributed by atoms with E-state index in [9.17, 15) is 14.7 Å². The van der Waals surface area contributed by atoms with Gasteiger partial charge in [-0.25, -0.2) is 4.98 Å². The van der Waals surface area contributed by atoms with Gasteiger partial charge in [0.25, 0.3) is 5.56 Å². The van der Waals surface area contributed by atoms with E-state index in [4.69, 9.17) is 4.74 Å². The predicted octanol–water partition coefficient (Wildman–Crippen LogP) is 0.257. The average molecular weight is 323 g/mol. The molecule has 1 unspecified atom stereocenters. The van der Waals surface area contributed by atoms with Crippen molar-refractivity contribution < 1.29 is 14.6 Å². The second kappa shape index (κ2) is 6.41. The average Bonchev–Trinajstić information content (AvgIpc) is 2.45. The molecule has 2 rings (SSSR count). The molecule has 1 aromatic rings. The van der Waals surface area contributed by atoms with E-state index in [0.29, 0.717) is 30.9 Å². The van der Waals surface area contributed by atoms with Crippen LogP contribution in [-0.2, 0) is 16.0 Å². The van der Waals surface area contributed by atoms with Crippen LogP contribution in [0, 0.1) is 12.3 Å². The van der Waals surface area contributed by atoms with E-state index in [-0.39, 0.29) is 24.5 Å². The van der Waals surface area contributed by atoms with Gasteiger partial charge < -0.3 is 19.7 Å². The van der Waals surface area contributed by atoms with Gasteiger partial charge in [-0.3, -0.25) is 9.59 Å². The molecule has 1 fully saturated rings. The number of amides is 1. The Kier molecular flexibility index (Phi) is 4.91. The number of rotatable bonds is 4. The molecule has 1 aromatic heterocycles. The van der Waals surface area contributed by atoms with Crippen molar-refractivity contribution in [1.29, 1.82) is 0 Å². The van der Waals surface area contributed by atoms with E-state index < -0.39 is 11.0 Å². The van der Waals surface area contributed by atoms with Crippen LogP contribution in [-0.4, -0.2) is 58.3 Å². The molecule has 2 N–H and O–H groups in total. The van der Waals surface area contributed by atoms with E-state index in [1.54, 1.807) is 18.9 Å². The number of aliphatic hydroxyl groups is 1. The van der Waals surface area contributed by atoms with Gasteiger partial charge in [0.1, 0.15) is 5.82 Å². The first-order valence-corrected chi connectivity index (χ1v) is 7.72. The van der Waals surface area contributed by atoms with E-state index in [2.05, 4.69) is 9.97 Å². The topological polar surface area (TPSA) is 95.5 Å². The number of carbonyl (C=O) groups excluding carboxylic acids is 1. The van der Waals surface area contributed by atoms with Gasteiger partial charge in [-0.1, -0.05) is 13.8 Å². The summed E-state index contributed by atoms with van der Waals surface area (Å²) >= 11 is 0. The maximum absolute atomic E-state index is 12.5. The number of ether oxygens (including phenoxy) is 1. The molecule has 7 nitrogen and oxygen atoms in total. The summed E-state index contributed by atoms with van der Waals surface area (Å²) in [6, 6.07) is 0. The summed E-state index contributed by atoms with van der Waals surface area (Å²) in [4.78, 5) is 32.7. The molecule has 1 atom stereocenters. The first-order valence-electron chi connectivity index (χ1n) is 7.72. The number of aromatic nitrogens is 2. The lowest BCUT2D eigenvalue weighted by atomic mass is 9.70. The molecule has 128 valence electrons. The highest BCUT2D eigenvalue weighted by molar-refractivity contribution is 5.78. The van der Waals surface area contributed by atoms with Crippen molar-refractivity contribution in [2.24, 2.45) is 5.41 Å². The van der Waals surface area contributed by atoms with Gasteiger partial charge in [-0.05, 0) is 13.3 Å². The number of piperidine rings is 1. The summed E-state index contributed by atoms with van der Waals surface area (Å²) in [5.41, 5.74) is -1.37. The van der Waals surface area contributed by atoms with Gasteiger partial charge in [0, 0.05) is 37.4 Å². The highest BCUT2D eigenvalue weighted by atomic mass is 16.5. The number of hydrogen-bond donors (Lipinski definition) is 2. The molecule has 1 amide bonds. The summed E-state index contributed by atoms with van der Waals surface area (Å²) in [5, 5.41) is 10.7. The summed E-state index contributed by atoms with van der Waals surface area (Å²) in [6.07, 6.45) is 1.91. The molecule has 0 saturated carbocycles. The number of likely N-dealkylation sites (tertiary alicyclic amines) is 1. The number of nitrogens with one attached hydrogen (secondary N) is 1. The molecular weight excluding hydrogens is 298 g/mol. The Labute approximate surface area is 135 Å². The third-order valence-electron chi connectivity index (χ3n) is 4.72. The quantitative estimate of drug-likeness (QED) is 0.828. The third kappa shape index (κ3) is 3.61. The van der Waals surface area contributed by atoms with Crippen LogP contribution in [0.25, 0.3) is 0 Å². The second-order valence-corrected chi connectivity index (χ2v) is 6.91. The smallest absolute Gasteiger partial charge is 0.254 e. The molecule has 7 heteroatoms. The minimum Gasteiger partial charge on any atom is -0.387 e. The van der Waals surface area contributed by atoms with Crippen LogP contribution in [0.4, 0.5) is 0 Å². The number of hydrogen-bond acceptors (Lipinski definition) is 5. The Morgan fingerprint density at radius 1 is 1.52 bits per heavy atom. The molecule has 1 aliphatic rings. The van der Waals surface area contributed by atoms with E-state index >= 15 is 0 Å². The summed E-state index contributed by atoms with van der Waals surface area (Å²) in [5.74, 6) is 0.392. The third-order valence-corrected chi connectivity index (χ3v) is 4.72. The van der Waals surface area contributed by atoms with Gasteiger partial charge in [-0.2, -0.15) is 0 Å². The molecule has 1 aliphatic heterocycles. The Bertz CT molecular complexity index is 640. The molecule has 0 aromatic carbocycles. The lowest BCUT2D eigenvalue weighted by Crippen LogP contribution is -2.60. The van der Waals surface area contributed by atoms with Crippen molar-refractivity contribution in [3.63, 3.8) is 0 Å². The van der Waals surface area contributed by atoms with Crippen molar-refractivity contribution in [3.05, 3.63) is 27.9 Å². The van der Waals surface area contributed by atoms with E-state index in [0.717, 1.165) is 0 Å². The number of carbonyl (C=O) groups is 1. The number of H-pyrrole nitrogens is 1. The van der Waals surface area contributed by atoms with Crippen LogP contribution in [0.3, 0.4) is 0 Å². The van der Waals surface area contributed by atoms with Crippen molar-refractivity contribution in [2.45, 2.75) is 39.2 Å². The van der Waals surface area contributed by atoms with E-state index in [1.165, 1.54) is 6.20 Å². The molecule has 0 bridgehead atoms. The van der Waals surface area contributed by atoms with Gasteiger partial charge in [-0.15, -0.1) is 0 Å². The first kappa shape index (κ1) is 17.6. The molecule has 2 heterocycles. The van der Waals surface area contributed by atoms with Crippen LogP contribution in [0.5, 0.6) is 0 Å². The Balaban J connectivity index is 2.09. The Hall–Kier alpha value is -1.73. The zero-order valence-corrected chi connectivity index (χ0v) is 14.2. The van der Waals surface area contributed by atoms with Gasteiger partial charge >= 0.3 is 0 Å². The molecule has 1 saturated heterocycles. The number of nitrogens with zero attached hydrogens (tertiary/aromatic N) is 2. The zero-order valence-electron chi connectivity index (χ0n) is 14.2. The Morgan fingerprint density at radius 3 is 2.78 bits per heavy atom. The summed E-state index contributed by atoms with van der Waals surface area (Å²) in [6.45, 7) is 6.64. The fourth-order valence-electron chi connectivity index (χ4n) is 2.99. The lowest BCUT2D eigenvalue weighted by molar-refractivity contribution is -0.163. The second-order valence-electron chi connectivity index (χ2n) is 6.91. The van der Waals surface area contributed by atoms with Crippen molar-refractivity contribution in [3.8, 4) is 0 Å². The molecular formula is C16H25N3O4. The van der Waals surface area contributed by atoms with Crippen LogP contribution >= 0.6 is 0 Å². The van der Waals surface area contributed by atoms with Crippen molar-refractivity contribution in [1.82, 2.24) is 14.9 Å². The minimum absolute atomic E-state index is 0.0153. The SMILES string of the molecule is COCC1(O)CCN(C(=O)Cc2cnc(C)[nH]c2=O)CC1(C)C. The van der Waals surface area contributed by atoms with Gasteiger partial charge in [0.15, 0.2) is 0 Å². The van der Waals surface area contributed by atoms with Gasteiger partial charge in [0.05, 0.1) is 18.6 Å². The predicted molar refractivity (Wildman–Crippen MR) is 85.1 cm³/mol. The maximum atomic E-state index is 12.5. The first-order chi connectivity index (χ1) is 10.7. The molecule has 0 aliphatic carbocycles. The summed E-state index contributed by atoms with van der Waals surface area (Å²) in [7, 11) is 1.56. The largest absolute Gasteiger partial charge is 0.387 e. The number of aromatic amines is 1. The highest BCUT2D eigenvalue weighted by Crippen LogP contribution is 2.38. The van der Waals surface area contributed by atoms with E-state index in [1.807, 2.05) is 13.8 Å². The van der Waals surface area contributed by atoms with Crippen molar-refractivity contribution in [2.75, 3.05) is 26.8 Å². The molecule has 23 heavy (non-hydrogen) atoms. The number of methoxy groups -OCH3 is 1. The van der Waals surface area contributed by atoms with Crippen LogP contribution < -0.4 is 5.56 Å². The standard InChI is InChI=1S/C16H25N3O4/c1-11-17-8-12(14(21)18-11)7-13(20)19-6-5-16(22,10-23-4)15(2,3)9-19/h8,22H,5-7,9-10H2,1-4H3,(H,17,18,21). The normalized spacial score (nSPS) is 23.8. The highest BCUT2D eigenvalue weighted by Gasteiger charge is 2.48. The zero-order chi connectivity index (χ0) is 17.3. The summed E-state index contributed by atoms with van der Waals surface area (Å²) < 4.78 is 5.13. The van der Waals surface area contributed by atoms with Crippen molar-refractivity contribution >= 4 is 5.91 Å². The number of aryl methyl sites for hydroxylation is 1. The minimum atomic E-state index is -0.957. The van der Waals surface area contributed by atoms with Crippen LogP contribution in [0.2, 0.25) is 0 Å². The monoisotopic (exact) mass is 323 g/mol. The maximum Gasteiger partial charge on any atom is 0.254 e. The lowest BCUT2D eigenvalue weighted by Gasteiger charge is -2.50. The van der Waals surface area contributed by atoms with Crippen LogP contribution in [0.15, 0.2) is 11.0 Å².